The van der Waals surface area contributed by atoms with Gasteiger partial charge in [-0.05, 0) is 83.5 Å². The summed E-state index contributed by atoms with van der Waals surface area (Å²) < 4.78 is 22.8. The Balaban J connectivity index is 4.35. The second-order valence-electron chi connectivity index (χ2n) is 20.2. The molecule has 0 fully saturated rings. The Morgan fingerprint density at radius 1 is 0.425 bits per heavy atom. The zero-order chi connectivity index (χ0) is 53.4. The normalized spacial score (nSPS) is 13.6. The minimum Gasteiger partial charge on any atom is -0.477 e. The van der Waals surface area contributed by atoms with E-state index in [0.717, 1.165) is 96.3 Å². The second kappa shape index (κ2) is 54.2. The molecule has 0 aliphatic carbocycles. The number of carboxylic acid groups (broad SMARTS) is 1. The molecule has 0 spiro atoms. The van der Waals surface area contributed by atoms with Gasteiger partial charge in [-0.25, -0.2) is 4.79 Å². The van der Waals surface area contributed by atoms with Gasteiger partial charge in [0.15, 0.2) is 6.10 Å². The quantitative estimate of drug-likeness (QED) is 0.0211. The maximum absolute atomic E-state index is 12.9. The van der Waals surface area contributed by atoms with Gasteiger partial charge in [-0.2, -0.15) is 0 Å². The summed E-state index contributed by atoms with van der Waals surface area (Å²) in [6, 6.07) is 0. The van der Waals surface area contributed by atoms with Gasteiger partial charge in [0.25, 0.3) is 6.29 Å². The van der Waals surface area contributed by atoms with Crippen molar-refractivity contribution in [2.45, 2.75) is 232 Å². The van der Waals surface area contributed by atoms with E-state index in [-0.39, 0.29) is 32.2 Å². The van der Waals surface area contributed by atoms with Gasteiger partial charge < -0.3 is 28.5 Å². The molecule has 1 N–H and O–H groups in total. The Morgan fingerprint density at radius 3 is 1.16 bits per heavy atom. The van der Waals surface area contributed by atoms with Crippen molar-refractivity contribution in [1.29, 1.82) is 0 Å². The number of ether oxygens (including phenoxy) is 4. The van der Waals surface area contributed by atoms with Crippen LogP contribution in [0.15, 0.2) is 109 Å². The minimum absolute atomic E-state index is 0.176. The van der Waals surface area contributed by atoms with E-state index in [1.165, 1.54) is 89.9 Å². The van der Waals surface area contributed by atoms with Crippen LogP contribution in [0, 0.1) is 0 Å². The van der Waals surface area contributed by atoms with Crippen molar-refractivity contribution < 1.29 is 42.9 Å². The molecule has 0 aromatic rings. The fourth-order valence-corrected chi connectivity index (χ4v) is 7.59. The molecule has 0 aliphatic heterocycles. The lowest BCUT2D eigenvalue weighted by Crippen LogP contribution is -2.40. The first-order chi connectivity index (χ1) is 35.6. The maximum atomic E-state index is 12.9. The average Bonchev–Trinajstić information content (AvgIpc) is 3.36. The molecule has 0 saturated carbocycles. The molecule has 0 saturated heterocycles. The van der Waals surface area contributed by atoms with E-state index >= 15 is 0 Å². The molecule has 0 aromatic heterocycles. The van der Waals surface area contributed by atoms with Crippen LogP contribution in [0.5, 0.6) is 0 Å². The first-order valence-electron chi connectivity index (χ1n) is 29.1. The van der Waals surface area contributed by atoms with Gasteiger partial charge in [0.05, 0.1) is 34.4 Å². The topological polar surface area (TPSA) is 108 Å². The van der Waals surface area contributed by atoms with Crippen molar-refractivity contribution >= 4 is 17.9 Å². The highest BCUT2D eigenvalue weighted by Crippen LogP contribution is 2.15. The van der Waals surface area contributed by atoms with Crippen molar-refractivity contribution in [1.82, 2.24) is 0 Å². The van der Waals surface area contributed by atoms with Crippen LogP contribution in [0.1, 0.15) is 219 Å². The third kappa shape index (κ3) is 55.5. The predicted molar refractivity (Wildman–Crippen MR) is 308 cm³/mol. The molecule has 0 amide bonds. The number of carbonyl (C=O) groups is 3. The summed E-state index contributed by atoms with van der Waals surface area (Å²) >= 11 is 0. The number of hydrogen-bond donors (Lipinski definition) is 1. The largest absolute Gasteiger partial charge is 0.477 e. The highest BCUT2D eigenvalue weighted by molar-refractivity contribution is 5.71. The third-order valence-electron chi connectivity index (χ3n) is 12.0. The standard InChI is InChI=1S/C64H107NO8/c1-6-8-10-12-14-16-18-20-22-24-25-26-27-28-29-30-31-32-33-34-35-36-37-39-41-43-45-47-49-51-53-55-62(67)73-60(59-72-64(63(68)69)70-57-56-65(3,4)5)58-71-61(66)54-52-50-48-46-44-42-40-38-23-21-19-17-15-13-11-9-7-2/h8,10,14,16,20,22,25-26,28-29,31-32,34-35,37,39,43,45,60,64H,6-7,9,11-13,15,17-19,21,23-24,27,30,33,36,38,40-42,44,46-59H2,1-5H3/p+1/b10-8-,16-14-,22-20-,26-25-,29-28-,32-31-,35-34-,39-37-,45-43-. The molecular weight excluding hydrogens is 911 g/mol. The molecule has 0 heterocycles. The number of aliphatic carboxylic acids is 1. The van der Waals surface area contributed by atoms with Crippen molar-refractivity contribution in [3.05, 3.63) is 109 Å². The molecule has 416 valence electrons. The molecule has 0 aliphatic rings. The first-order valence-corrected chi connectivity index (χ1v) is 29.1. The zero-order valence-electron chi connectivity index (χ0n) is 47.3. The van der Waals surface area contributed by atoms with E-state index in [9.17, 15) is 19.5 Å². The monoisotopic (exact) mass is 1020 g/mol. The summed E-state index contributed by atoms with van der Waals surface area (Å²) in [6.45, 7) is 4.72. The molecule has 9 nitrogen and oxygen atoms in total. The van der Waals surface area contributed by atoms with Crippen LogP contribution in [-0.4, -0.2) is 87.4 Å². The number of carboxylic acids is 1. The van der Waals surface area contributed by atoms with E-state index in [4.69, 9.17) is 18.9 Å². The number of likely N-dealkylation sites (N-methyl/N-ethyl adjacent to an activating group) is 1. The van der Waals surface area contributed by atoms with Crippen molar-refractivity contribution in [3.63, 3.8) is 0 Å². The van der Waals surface area contributed by atoms with E-state index in [1.807, 2.05) is 21.1 Å². The van der Waals surface area contributed by atoms with Crippen LogP contribution < -0.4 is 0 Å². The summed E-state index contributed by atoms with van der Waals surface area (Å²) in [6.07, 6.45) is 71.6. The molecule has 2 unspecified atom stereocenters. The fourth-order valence-electron chi connectivity index (χ4n) is 7.59. The van der Waals surface area contributed by atoms with Gasteiger partial charge in [0.2, 0.25) is 0 Å². The van der Waals surface area contributed by atoms with Crippen molar-refractivity contribution in [2.75, 3.05) is 47.5 Å². The van der Waals surface area contributed by atoms with Crippen LogP contribution >= 0.6 is 0 Å². The van der Waals surface area contributed by atoms with Crippen LogP contribution in [0.25, 0.3) is 0 Å². The van der Waals surface area contributed by atoms with Crippen LogP contribution in [0.2, 0.25) is 0 Å². The van der Waals surface area contributed by atoms with E-state index in [1.54, 1.807) is 0 Å². The Labute approximate surface area is 447 Å². The molecule has 0 aromatic carbocycles. The van der Waals surface area contributed by atoms with Gasteiger partial charge in [-0.3, -0.25) is 9.59 Å². The minimum atomic E-state index is -1.52. The SMILES string of the molecule is CC/C=C\C/C=C\C/C=C\C/C=C\C/C=C\C/C=C\C/C=C\C/C=C\C/C=C\CCCCCC(=O)OC(COC(=O)CCCCCCCCCCCCCCCCCCC)COC(OCC[N+](C)(C)C)C(=O)O. The van der Waals surface area contributed by atoms with E-state index in [0.29, 0.717) is 23.9 Å². The number of rotatable bonds is 52. The number of carbonyl (C=O) groups excluding carboxylic acids is 2. The molecule has 73 heavy (non-hydrogen) atoms. The predicted octanol–water partition coefficient (Wildman–Crippen LogP) is 17.1. The fraction of sp³-hybridized carbons (Fsp3) is 0.672. The molecule has 0 radical (unpaired) electrons. The third-order valence-corrected chi connectivity index (χ3v) is 12.0. The van der Waals surface area contributed by atoms with Crippen LogP contribution in [0.3, 0.4) is 0 Å². The number of quaternary nitrogens is 1. The average molecular weight is 1020 g/mol. The lowest BCUT2D eigenvalue weighted by Gasteiger charge is -2.25. The lowest BCUT2D eigenvalue weighted by molar-refractivity contribution is -0.870. The van der Waals surface area contributed by atoms with Crippen molar-refractivity contribution in [2.24, 2.45) is 0 Å². The van der Waals surface area contributed by atoms with Crippen molar-refractivity contribution in [3.8, 4) is 0 Å². The van der Waals surface area contributed by atoms with Gasteiger partial charge in [-0.15, -0.1) is 0 Å². The Kier molecular flexibility index (Phi) is 51.2. The maximum Gasteiger partial charge on any atom is 0.361 e. The Bertz CT molecular complexity index is 1560. The second-order valence-corrected chi connectivity index (χ2v) is 20.2. The molecule has 9 heteroatoms. The number of hydrogen-bond acceptors (Lipinski definition) is 7. The summed E-state index contributed by atoms with van der Waals surface area (Å²) in [5.74, 6) is -2.06. The number of esters is 2. The summed E-state index contributed by atoms with van der Waals surface area (Å²) in [7, 11) is 5.95. The lowest BCUT2D eigenvalue weighted by atomic mass is 10.0. The highest BCUT2D eigenvalue weighted by Gasteiger charge is 2.25. The zero-order valence-corrected chi connectivity index (χ0v) is 47.3. The molecule has 0 bridgehead atoms. The Hall–Kier alpha value is -4.05. The van der Waals surface area contributed by atoms with Gasteiger partial charge in [-0.1, -0.05) is 232 Å². The van der Waals surface area contributed by atoms with E-state index < -0.39 is 24.3 Å². The number of allylic oxidation sites excluding steroid dienone is 18. The highest BCUT2D eigenvalue weighted by atomic mass is 16.7. The molecule has 2 atom stereocenters. The number of nitrogens with zero attached hydrogens (tertiary/aromatic N) is 1. The summed E-state index contributed by atoms with van der Waals surface area (Å²) in [4.78, 5) is 37.4. The van der Waals surface area contributed by atoms with Gasteiger partial charge in [0.1, 0.15) is 13.2 Å². The molecular formula is C64H108NO8+. The Morgan fingerprint density at radius 2 is 0.781 bits per heavy atom. The van der Waals surface area contributed by atoms with E-state index in [2.05, 4.69) is 123 Å². The molecule has 0 rings (SSSR count). The summed E-state index contributed by atoms with van der Waals surface area (Å²) in [5.41, 5.74) is 0. The number of unbranched alkanes of at least 4 members (excludes halogenated alkanes) is 19. The first kappa shape index (κ1) is 69.0. The van der Waals surface area contributed by atoms with Gasteiger partial charge in [0, 0.05) is 12.8 Å². The smallest absolute Gasteiger partial charge is 0.361 e. The van der Waals surface area contributed by atoms with Crippen LogP contribution in [0.4, 0.5) is 0 Å². The summed E-state index contributed by atoms with van der Waals surface area (Å²) in [5, 5.41) is 9.70. The van der Waals surface area contributed by atoms with Crippen LogP contribution in [-0.2, 0) is 33.3 Å². The van der Waals surface area contributed by atoms with Gasteiger partial charge >= 0.3 is 17.9 Å².